The van der Waals surface area contributed by atoms with Crippen molar-refractivity contribution in [1.29, 1.82) is 0 Å². The molecule has 0 spiro atoms. The van der Waals surface area contributed by atoms with Gasteiger partial charge in [0.2, 0.25) is 0 Å². The van der Waals surface area contributed by atoms with Crippen LogP contribution in [0.2, 0.25) is 0 Å². The van der Waals surface area contributed by atoms with Crippen LogP contribution < -0.4 is 4.74 Å². The average molecular weight is 282 g/mol. The predicted octanol–water partition coefficient (Wildman–Crippen LogP) is 3.73. The number of benzene rings is 2. The molecular weight excluding hydrogens is 264 g/mol. The number of para-hydroxylation sites is 1. The normalized spacial score (nSPS) is 17.9. The van der Waals surface area contributed by atoms with E-state index in [1.54, 1.807) is 0 Å². The lowest BCUT2D eigenvalue weighted by atomic mass is 9.86. The molecule has 0 bridgehead atoms. The van der Waals surface area contributed by atoms with Crippen LogP contribution in [0.15, 0.2) is 48.5 Å². The first-order chi connectivity index (χ1) is 10.1. The van der Waals surface area contributed by atoms with E-state index < -0.39 is 11.9 Å². The second kappa shape index (κ2) is 5.60. The largest absolute Gasteiger partial charge is 0.493 e. The number of carbonyl (C=O) groups is 1. The van der Waals surface area contributed by atoms with Gasteiger partial charge in [0.15, 0.2) is 0 Å². The van der Waals surface area contributed by atoms with Crippen LogP contribution in [0, 0.1) is 6.92 Å². The first kappa shape index (κ1) is 13.7. The highest BCUT2D eigenvalue weighted by Crippen LogP contribution is 2.39. The highest BCUT2D eigenvalue weighted by molar-refractivity contribution is 5.76. The molecular formula is C18H18O3. The number of hydrogen-bond acceptors (Lipinski definition) is 2. The van der Waals surface area contributed by atoms with Crippen molar-refractivity contribution in [3.05, 3.63) is 65.2 Å². The van der Waals surface area contributed by atoms with Crippen molar-refractivity contribution >= 4 is 5.97 Å². The summed E-state index contributed by atoms with van der Waals surface area (Å²) in [4.78, 5) is 11.6. The molecule has 3 rings (SSSR count). The van der Waals surface area contributed by atoms with Gasteiger partial charge in [-0.05, 0) is 25.0 Å². The number of ether oxygens (including phenoxy) is 1. The summed E-state index contributed by atoms with van der Waals surface area (Å²) in [7, 11) is 0. The van der Waals surface area contributed by atoms with E-state index in [1.165, 1.54) is 0 Å². The fourth-order valence-electron chi connectivity index (χ4n) is 2.89. The molecule has 1 aliphatic heterocycles. The van der Waals surface area contributed by atoms with Crippen molar-refractivity contribution in [2.24, 2.45) is 0 Å². The van der Waals surface area contributed by atoms with Gasteiger partial charge in [-0.2, -0.15) is 0 Å². The van der Waals surface area contributed by atoms with E-state index in [9.17, 15) is 9.90 Å². The monoisotopic (exact) mass is 282 g/mol. The number of aliphatic carboxylic acids is 1. The van der Waals surface area contributed by atoms with Crippen molar-refractivity contribution in [2.45, 2.75) is 25.2 Å². The minimum Gasteiger partial charge on any atom is -0.493 e. The van der Waals surface area contributed by atoms with E-state index in [0.29, 0.717) is 13.0 Å². The Kier molecular flexibility index (Phi) is 3.65. The zero-order valence-electron chi connectivity index (χ0n) is 12.0. The van der Waals surface area contributed by atoms with Gasteiger partial charge in [0, 0.05) is 11.5 Å². The van der Waals surface area contributed by atoms with Gasteiger partial charge < -0.3 is 9.84 Å². The molecule has 0 aromatic heterocycles. The van der Waals surface area contributed by atoms with Crippen molar-refractivity contribution in [3.63, 3.8) is 0 Å². The number of carboxylic acid groups (broad SMARTS) is 1. The minimum atomic E-state index is -0.775. The van der Waals surface area contributed by atoms with Crippen molar-refractivity contribution in [1.82, 2.24) is 0 Å². The summed E-state index contributed by atoms with van der Waals surface area (Å²) in [6.45, 7) is 2.57. The van der Waals surface area contributed by atoms with Gasteiger partial charge in [-0.1, -0.05) is 48.0 Å². The molecule has 3 nitrogen and oxygen atoms in total. The maximum Gasteiger partial charge on any atom is 0.310 e. The van der Waals surface area contributed by atoms with Crippen LogP contribution >= 0.6 is 0 Å². The maximum absolute atomic E-state index is 11.6. The minimum absolute atomic E-state index is 0.142. The Bertz CT molecular complexity index is 646. The molecule has 1 aliphatic rings. The Labute approximate surface area is 124 Å². The average Bonchev–Trinajstić information content (AvgIpc) is 2.89. The number of carboxylic acids is 1. The number of rotatable bonds is 4. The molecule has 1 heterocycles. The Morgan fingerprint density at radius 1 is 1.24 bits per heavy atom. The number of aryl methyl sites for hydroxylation is 1. The third-order valence-electron chi connectivity index (χ3n) is 4.10. The van der Waals surface area contributed by atoms with Gasteiger partial charge in [-0.3, -0.25) is 4.79 Å². The molecule has 21 heavy (non-hydrogen) atoms. The van der Waals surface area contributed by atoms with Crippen LogP contribution in [0.1, 0.15) is 34.9 Å². The van der Waals surface area contributed by atoms with Gasteiger partial charge in [0.1, 0.15) is 5.75 Å². The molecule has 108 valence electrons. The predicted molar refractivity (Wildman–Crippen MR) is 80.9 cm³/mol. The Morgan fingerprint density at radius 2 is 1.95 bits per heavy atom. The van der Waals surface area contributed by atoms with Gasteiger partial charge in [0.25, 0.3) is 0 Å². The van der Waals surface area contributed by atoms with E-state index in [-0.39, 0.29) is 5.92 Å². The highest BCUT2D eigenvalue weighted by atomic mass is 16.5. The van der Waals surface area contributed by atoms with Gasteiger partial charge in [0.05, 0.1) is 12.5 Å². The van der Waals surface area contributed by atoms with Crippen LogP contribution in [0.4, 0.5) is 0 Å². The molecule has 2 atom stereocenters. The van der Waals surface area contributed by atoms with Crippen LogP contribution in [0.3, 0.4) is 0 Å². The molecule has 0 radical (unpaired) electrons. The van der Waals surface area contributed by atoms with E-state index in [0.717, 1.165) is 22.4 Å². The Hall–Kier alpha value is -2.29. The third kappa shape index (κ3) is 2.77. The topological polar surface area (TPSA) is 46.5 Å². The maximum atomic E-state index is 11.6. The van der Waals surface area contributed by atoms with E-state index in [1.807, 2.05) is 55.5 Å². The van der Waals surface area contributed by atoms with Crippen molar-refractivity contribution in [2.75, 3.05) is 6.61 Å². The molecule has 0 saturated carbocycles. The highest BCUT2D eigenvalue weighted by Gasteiger charge is 2.30. The second-order valence-electron chi connectivity index (χ2n) is 5.58. The van der Waals surface area contributed by atoms with Gasteiger partial charge in [-0.25, -0.2) is 0 Å². The summed E-state index contributed by atoms with van der Waals surface area (Å²) < 4.78 is 5.65. The lowest BCUT2D eigenvalue weighted by molar-refractivity contribution is -0.139. The molecule has 0 aliphatic carbocycles. The summed E-state index contributed by atoms with van der Waals surface area (Å²) in [5.41, 5.74) is 3.12. The standard InChI is InChI=1S/C18H18O3/c1-12-6-8-13(9-7-12)16(18(19)20)10-14-11-21-17-5-3-2-4-15(14)17/h2-9,14,16H,10-11H2,1H3,(H,19,20). The van der Waals surface area contributed by atoms with Gasteiger partial charge in [-0.15, -0.1) is 0 Å². The molecule has 0 saturated heterocycles. The zero-order chi connectivity index (χ0) is 14.8. The fourth-order valence-corrected chi connectivity index (χ4v) is 2.89. The summed E-state index contributed by atoms with van der Waals surface area (Å²) in [5.74, 6) is -0.243. The molecule has 3 heteroatoms. The molecule has 2 unspecified atom stereocenters. The lowest BCUT2D eigenvalue weighted by Gasteiger charge is -2.17. The lowest BCUT2D eigenvalue weighted by Crippen LogP contribution is -2.16. The van der Waals surface area contributed by atoms with Crippen LogP contribution in [0.25, 0.3) is 0 Å². The quantitative estimate of drug-likeness (QED) is 0.929. The Balaban J connectivity index is 1.84. The first-order valence-corrected chi connectivity index (χ1v) is 7.16. The fraction of sp³-hybridized carbons (Fsp3) is 0.278. The molecule has 0 amide bonds. The van der Waals surface area contributed by atoms with Crippen LogP contribution in [-0.4, -0.2) is 17.7 Å². The van der Waals surface area contributed by atoms with Crippen molar-refractivity contribution in [3.8, 4) is 5.75 Å². The van der Waals surface area contributed by atoms with Crippen LogP contribution in [-0.2, 0) is 4.79 Å². The first-order valence-electron chi connectivity index (χ1n) is 7.16. The smallest absolute Gasteiger partial charge is 0.310 e. The summed E-state index contributed by atoms with van der Waals surface area (Å²) >= 11 is 0. The molecule has 1 N–H and O–H groups in total. The summed E-state index contributed by atoms with van der Waals surface area (Å²) in [6.07, 6.45) is 0.565. The SMILES string of the molecule is Cc1ccc(C(CC2COc3ccccc32)C(=O)O)cc1. The number of hydrogen-bond donors (Lipinski definition) is 1. The van der Waals surface area contributed by atoms with E-state index >= 15 is 0 Å². The second-order valence-corrected chi connectivity index (χ2v) is 5.58. The molecule has 2 aromatic carbocycles. The molecule has 0 fully saturated rings. The van der Waals surface area contributed by atoms with Gasteiger partial charge >= 0.3 is 5.97 Å². The summed E-state index contributed by atoms with van der Waals surface area (Å²) in [5, 5.41) is 9.56. The zero-order valence-corrected chi connectivity index (χ0v) is 12.0. The number of fused-ring (bicyclic) bond motifs is 1. The van der Waals surface area contributed by atoms with E-state index in [4.69, 9.17) is 4.74 Å². The summed E-state index contributed by atoms with van der Waals surface area (Å²) in [6, 6.07) is 15.6. The van der Waals surface area contributed by atoms with Crippen LogP contribution in [0.5, 0.6) is 5.75 Å². The van der Waals surface area contributed by atoms with Crippen molar-refractivity contribution < 1.29 is 14.6 Å². The Morgan fingerprint density at radius 3 is 2.67 bits per heavy atom. The third-order valence-corrected chi connectivity index (χ3v) is 4.10. The van der Waals surface area contributed by atoms with E-state index in [2.05, 4.69) is 0 Å². The molecule has 2 aromatic rings.